The van der Waals surface area contributed by atoms with E-state index < -0.39 is 0 Å². The quantitative estimate of drug-likeness (QED) is 0.431. The zero-order valence-electron chi connectivity index (χ0n) is 18.6. The molecule has 6 nitrogen and oxygen atoms in total. The molecule has 5 heterocycles. The number of benzene rings is 1. The molecule has 0 bridgehead atoms. The number of hydrogen-bond donors (Lipinski definition) is 0. The van der Waals surface area contributed by atoms with Crippen LogP contribution >= 0.6 is 0 Å². The molecule has 6 rings (SSSR count). The summed E-state index contributed by atoms with van der Waals surface area (Å²) in [6.07, 6.45) is 9.54. The standard InChI is InChI=1S/C26H27FN6/c27-21-7-4-6-19(16-21)22-8-5-15-32(22)25-10-9-24-29-18-23(33(24)30-25)20-11-12-28-26(17-20)31-13-2-1-3-14-31/h4,6-7,9-12,16-18,22H,1-3,5,8,13-15H2. The summed E-state index contributed by atoms with van der Waals surface area (Å²) < 4.78 is 15.8. The molecule has 0 spiro atoms. The molecule has 2 saturated heterocycles. The molecule has 1 atom stereocenters. The zero-order valence-corrected chi connectivity index (χ0v) is 18.6. The van der Waals surface area contributed by atoms with E-state index in [2.05, 4.69) is 25.8 Å². The summed E-state index contributed by atoms with van der Waals surface area (Å²) in [4.78, 5) is 13.9. The van der Waals surface area contributed by atoms with Crippen LogP contribution in [0.5, 0.6) is 0 Å². The van der Waals surface area contributed by atoms with Gasteiger partial charge in [-0.2, -0.15) is 0 Å². The number of halogens is 1. The van der Waals surface area contributed by atoms with Crippen LogP contribution in [0, 0.1) is 5.82 Å². The topological polar surface area (TPSA) is 49.6 Å². The first-order valence-electron chi connectivity index (χ1n) is 11.8. The fourth-order valence-electron chi connectivity index (χ4n) is 5.19. The van der Waals surface area contributed by atoms with E-state index in [4.69, 9.17) is 5.10 Å². The van der Waals surface area contributed by atoms with Crippen molar-refractivity contribution in [3.05, 3.63) is 72.3 Å². The lowest BCUT2D eigenvalue weighted by Crippen LogP contribution is -2.30. The van der Waals surface area contributed by atoms with Gasteiger partial charge in [0.2, 0.25) is 0 Å². The Balaban J connectivity index is 1.36. The van der Waals surface area contributed by atoms with E-state index in [9.17, 15) is 4.39 Å². The maximum absolute atomic E-state index is 13.9. The van der Waals surface area contributed by atoms with Gasteiger partial charge in [0.05, 0.1) is 17.9 Å². The van der Waals surface area contributed by atoms with Crippen LogP contribution < -0.4 is 9.80 Å². The Morgan fingerprint density at radius 2 is 1.76 bits per heavy atom. The first-order chi connectivity index (χ1) is 16.3. The lowest BCUT2D eigenvalue weighted by Gasteiger charge is -2.28. The number of imidazole rings is 1. The number of piperidine rings is 1. The van der Waals surface area contributed by atoms with Crippen molar-refractivity contribution < 1.29 is 4.39 Å². The van der Waals surface area contributed by atoms with Gasteiger partial charge in [-0.1, -0.05) is 12.1 Å². The van der Waals surface area contributed by atoms with Crippen LogP contribution in [0.15, 0.2) is 60.9 Å². The number of fused-ring (bicyclic) bond motifs is 1. The molecule has 0 radical (unpaired) electrons. The van der Waals surface area contributed by atoms with E-state index in [0.717, 1.165) is 66.6 Å². The Bertz CT molecular complexity index is 1280. The highest BCUT2D eigenvalue weighted by molar-refractivity contribution is 5.66. The number of pyridine rings is 1. The van der Waals surface area contributed by atoms with Crippen LogP contribution in [0.1, 0.15) is 43.7 Å². The van der Waals surface area contributed by atoms with E-state index in [-0.39, 0.29) is 11.9 Å². The van der Waals surface area contributed by atoms with Gasteiger partial charge in [0.25, 0.3) is 0 Å². The Kier molecular flexibility index (Phi) is 5.17. The molecule has 4 aromatic rings. The smallest absolute Gasteiger partial charge is 0.154 e. The van der Waals surface area contributed by atoms with Crippen molar-refractivity contribution in [1.29, 1.82) is 0 Å². The number of anilines is 2. The molecular weight excluding hydrogens is 415 g/mol. The van der Waals surface area contributed by atoms with Crippen molar-refractivity contribution in [2.75, 3.05) is 29.4 Å². The minimum Gasteiger partial charge on any atom is -0.357 e. The van der Waals surface area contributed by atoms with Crippen molar-refractivity contribution in [3.63, 3.8) is 0 Å². The molecule has 1 unspecified atom stereocenters. The molecule has 33 heavy (non-hydrogen) atoms. The monoisotopic (exact) mass is 442 g/mol. The molecule has 2 aliphatic rings. The lowest BCUT2D eigenvalue weighted by molar-refractivity contribution is 0.573. The molecular formula is C26H27FN6. The van der Waals surface area contributed by atoms with Gasteiger partial charge in [-0.3, -0.25) is 0 Å². The minimum atomic E-state index is -0.193. The van der Waals surface area contributed by atoms with Crippen LogP contribution in [0.3, 0.4) is 0 Å². The van der Waals surface area contributed by atoms with E-state index in [1.54, 1.807) is 12.1 Å². The Morgan fingerprint density at radius 3 is 2.64 bits per heavy atom. The summed E-state index contributed by atoms with van der Waals surface area (Å²) in [5.41, 5.74) is 3.83. The Labute approximate surface area is 192 Å². The fraction of sp³-hybridized carbons (Fsp3) is 0.346. The fourth-order valence-corrected chi connectivity index (χ4v) is 5.19. The average Bonchev–Trinajstić information content (AvgIpc) is 3.52. The molecule has 0 N–H and O–H groups in total. The van der Waals surface area contributed by atoms with Crippen LogP contribution in [-0.4, -0.2) is 39.2 Å². The average molecular weight is 443 g/mol. The Hall–Kier alpha value is -3.48. The van der Waals surface area contributed by atoms with Crippen molar-refractivity contribution in [1.82, 2.24) is 19.6 Å². The highest BCUT2D eigenvalue weighted by Crippen LogP contribution is 2.36. The van der Waals surface area contributed by atoms with Gasteiger partial charge in [0.1, 0.15) is 17.5 Å². The Morgan fingerprint density at radius 1 is 0.848 bits per heavy atom. The molecule has 3 aromatic heterocycles. The number of hydrogen-bond acceptors (Lipinski definition) is 5. The van der Waals surface area contributed by atoms with Crippen molar-refractivity contribution >= 4 is 17.3 Å². The van der Waals surface area contributed by atoms with Gasteiger partial charge in [0, 0.05) is 31.4 Å². The molecule has 2 fully saturated rings. The van der Waals surface area contributed by atoms with Crippen LogP contribution in [0.2, 0.25) is 0 Å². The number of nitrogens with zero attached hydrogens (tertiary/aromatic N) is 6. The van der Waals surface area contributed by atoms with Gasteiger partial charge < -0.3 is 9.80 Å². The SMILES string of the molecule is Fc1cccc(C2CCCN2c2ccc3ncc(-c4ccnc(N5CCCCC5)c4)n3n2)c1. The van der Waals surface area contributed by atoms with E-state index >= 15 is 0 Å². The number of aromatic nitrogens is 4. The molecule has 1 aromatic carbocycles. The largest absolute Gasteiger partial charge is 0.357 e. The highest BCUT2D eigenvalue weighted by atomic mass is 19.1. The third-order valence-electron chi connectivity index (χ3n) is 6.85. The molecule has 2 aliphatic heterocycles. The molecule has 168 valence electrons. The van der Waals surface area contributed by atoms with Crippen LogP contribution in [-0.2, 0) is 0 Å². The van der Waals surface area contributed by atoms with Crippen LogP contribution in [0.25, 0.3) is 16.9 Å². The van der Waals surface area contributed by atoms with E-state index in [1.807, 2.05) is 41.2 Å². The van der Waals surface area contributed by atoms with Crippen molar-refractivity contribution in [2.45, 2.75) is 38.1 Å². The van der Waals surface area contributed by atoms with Gasteiger partial charge in [-0.25, -0.2) is 18.9 Å². The molecule has 0 aliphatic carbocycles. The molecule has 0 saturated carbocycles. The molecule has 0 amide bonds. The summed E-state index contributed by atoms with van der Waals surface area (Å²) in [6.45, 7) is 3.02. The highest BCUT2D eigenvalue weighted by Gasteiger charge is 2.28. The maximum Gasteiger partial charge on any atom is 0.154 e. The summed E-state index contributed by atoms with van der Waals surface area (Å²) in [5.74, 6) is 1.71. The van der Waals surface area contributed by atoms with Gasteiger partial charge in [0.15, 0.2) is 5.65 Å². The summed E-state index contributed by atoms with van der Waals surface area (Å²) >= 11 is 0. The van der Waals surface area contributed by atoms with Gasteiger partial charge in [-0.05, 0) is 74.1 Å². The van der Waals surface area contributed by atoms with E-state index in [1.165, 1.54) is 25.3 Å². The summed E-state index contributed by atoms with van der Waals surface area (Å²) in [7, 11) is 0. The molecule has 7 heteroatoms. The second-order valence-electron chi connectivity index (χ2n) is 8.96. The van der Waals surface area contributed by atoms with Gasteiger partial charge >= 0.3 is 0 Å². The van der Waals surface area contributed by atoms with Crippen molar-refractivity contribution in [3.8, 4) is 11.3 Å². The summed E-state index contributed by atoms with van der Waals surface area (Å²) in [5, 5.41) is 4.99. The third kappa shape index (κ3) is 3.81. The van der Waals surface area contributed by atoms with E-state index in [0.29, 0.717) is 0 Å². The second-order valence-corrected chi connectivity index (χ2v) is 8.96. The second kappa shape index (κ2) is 8.46. The van der Waals surface area contributed by atoms with Crippen molar-refractivity contribution in [2.24, 2.45) is 0 Å². The normalized spacial score (nSPS) is 18.9. The zero-order chi connectivity index (χ0) is 22.2. The summed E-state index contributed by atoms with van der Waals surface area (Å²) in [6, 6.07) is 15.3. The lowest BCUT2D eigenvalue weighted by atomic mass is 10.0. The third-order valence-corrected chi connectivity index (χ3v) is 6.85. The predicted octanol–water partition coefficient (Wildman–Crippen LogP) is 5.26. The number of rotatable bonds is 4. The maximum atomic E-state index is 13.9. The first kappa shape index (κ1) is 20.1. The van der Waals surface area contributed by atoms with Crippen LogP contribution in [0.4, 0.5) is 16.0 Å². The minimum absolute atomic E-state index is 0.129. The predicted molar refractivity (Wildman–Crippen MR) is 128 cm³/mol. The van der Waals surface area contributed by atoms with Gasteiger partial charge in [-0.15, -0.1) is 5.10 Å². The first-order valence-corrected chi connectivity index (χ1v) is 11.8.